The predicted molar refractivity (Wildman–Crippen MR) is 100 cm³/mol. The van der Waals surface area contributed by atoms with E-state index in [0.717, 1.165) is 38.3 Å². The fraction of sp³-hybridized carbons (Fsp3) is 0.474. The third-order valence-electron chi connectivity index (χ3n) is 5.53. The molecule has 2 aliphatic heterocycles. The molecule has 2 aliphatic rings. The van der Waals surface area contributed by atoms with E-state index in [2.05, 4.69) is 56.9 Å². The van der Waals surface area contributed by atoms with Crippen molar-refractivity contribution >= 4 is 11.8 Å². The Labute approximate surface area is 148 Å². The SMILES string of the molecule is Cc1cccc(C2CNNC2C2CCN(c3ccnc(N)n3)CC2)c1. The number of nitrogen functional groups attached to an aromatic ring is 1. The minimum atomic E-state index is 0.348. The molecule has 0 amide bonds. The molecule has 1 aromatic carbocycles. The highest BCUT2D eigenvalue weighted by atomic mass is 15.4. The first-order valence-corrected chi connectivity index (χ1v) is 9.09. The van der Waals surface area contributed by atoms with Crippen LogP contribution >= 0.6 is 0 Å². The number of rotatable bonds is 3. The fourth-order valence-electron chi connectivity index (χ4n) is 4.21. The molecule has 2 fully saturated rings. The van der Waals surface area contributed by atoms with Crippen molar-refractivity contribution in [3.05, 3.63) is 47.7 Å². The largest absolute Gasteiger partial charge is 0.368 e. The zero-order chi connectivity index (χ0) is 17.2. The van der Waals surface area contributed by atoms with Crippen molar-refractivity contribution in [3.63, 3.8) is 0 Å². The number of aryl methyl sites for hydroxylation is 1. The minimum absolute atomic E-state index is 0.348. The van der Waals surface area contributed by atoms with Gasteiger partial charge in [0.15, 0.2) is 0 Å². The number of nitrogens with one attached hydrogen (secondary N) is 2. The van der Waals surface area contributed by atoms with Gasteiger partial charge in [0.25, 0.3) is 0 Å². The summed E-state index contributed by atoms with van der Waals surface area (Å²) in [7, 11) is 0. The van der Waals surface area contributed by atoms with E-state index in [1.807, 2.05) is 6.07 Å². The van der Waals surface area contributed by atoms with Crippen molar-refractivity contribution < 1.29 is 0 Å². The lowest BCUT2D eigenvalue weighted by molar-refractivity contribution is 0.295. The number of nitrogens with zero attached hydrogens (tertiary/aromatic N) is 3. The molecule has 2 saturated heterocycles. The van der Waals surface area contributed by atoms with Gasteiger partial charge in [-0.1, -0.05) is 29.8 Å². The van der Waals surface area contributed by atoms with Crippen LogP contribution in [0.1, 0.15) is 29.9 Å². The van der Waals surface area contributed by atoms with Crippen molar-refractivity contribution in [2.45, 2.75) is 31.7 Å². The second-order valence-electron chi connectivity index (χ2n) is 7.17. The van der Waals surface area contributed by atoms with E-state index in [-0.39, 0.29) is 0 Å². The summed E-state index contributed by atoms with van der Waals surface area (Å²) in [6.07, 6.45) is 4.05. The molecule has 2 aromatic rings. The molecular formula is C19H26N6. The van der Waals surface area contributed by atoms with Gasteiger partial charge in [0.1, 0.15) is 5.82 Å². The lowest BCUT2D eigenvalue weighted by atomic mass is 9.80. The third kappa shape index (κ3) is 3.45. The molecule has 1 aromatic heterocycles. The van der Waals surface area contributed by atoms with Gasteiger partial charge in [0, 0.05) is 37.8 Å². The molecule has 4 rings (SSSR count). The van der Waals surface area contributed by atoms with E-state index >= 15 is 0 Å². The number of hydrazine groups is 1. The van der Waals surface area contributed by atoms with Gasteiger partial charge in [-0.2, -0.15) is 4.98 Å². The highest BCUT2D eigenvalue weighted by Gasteiger charge is 2.36. The molecular weight excluding hydrogens is 312 g/mol. The van der Waals surface area contributed by atoms with Crippen LogP contribution in [0.5, 0.6) is 0 Å². The summed E-state index contributed by atoms with van der Waals surface area (Å²) in [6.45, 7) is 5.19. The van der Waals surface area contributed by atoms with Gasteiger partial charge >= 0.3 is 0 Å². The molecule has 6 heteroatoms. The predicted octanol–water partition coefficient (Wildman–Crippen LogP) is 1.84. The highest BCUT2D eigenvalue weighted by Crippen LogP contribution is 2.33. The molecule has 0 bridgehead atoms. The quantitative estimate of drug-likeness (QED) is 0.793. The molecule has 4 N–H and O–H groups in total. The Morgan fingerprint density at radius 1 is 1.20 bits per heavy atom. The van der Waals surface area contributed by atoms with Crippen LogP contribution in [0.4, 0.5) is 11.8 Å². The molecule has 25 heavy (non-hydrogen) atoms. The summed E-state index contributed by atoms with van der Waals surface area (Å²) in [5, 5.41) is 0. The number of hydrogen-bond acceptors (Lipinski definition) is 6. The molecule has 0 radical (unpaired) electrons. The first-order chi connectivity index (χ1) is 12.2. The zero-order valence-electron chi connectivity index (χ0n) is 14.7. The molecule has 0 spiro atoms. The Kier molecular flexibility index (Phi) is 4.55. The van der Waals surface area contributed by atoms with Gasteiger partial charge in [-0.05, 0) is 37.3 Å². The van der Waals surface area contributed by atoms with Crippen LogP contribution in [0.2, 0.25) is 0 Å². The first kappa shape index (κ1) is 16.3. The van der Waals surface area contributed by atoms with Crippen molar-refractivity contribution in [1.82, 2.24) is 20.8 Å². The van der Waals surface area contributed by atoms with Gasteiger partial charge in [-0.15, -0.1) is 0 Å². The Balaban J connectivity index is 1.43. The first-order valence-electron chi connectivity index (χ1n) is 9.09. The fourth-order valence-corrected chi connectivity index (χ4v) is 4.21. The van der Waals surface area contributed by atoms with Gasteiger partial charge in [-0.3, -0.25) is 10.9 Å². The van der Waals surface area contributed by atoms with Crippen LogP contribution in [0, 0.1) is 12.8 Å². The van der Waals surface area contributed by atoms with E-state index < -0.39 is 0 Å². The summed E-state index contributed by atoms with van der Waals surface area (Å²) >= 11 is 0. The van der Waals surface area contributed by atoms with Crippen molar-refractivity contribution in [1.29, 1.82) is 0 Å². The number of aromatic nitrogens is 2. The second-order valence-corrected chi connectivity index (χ2v) is 7.17. The van der Waals surface area contributed by atoms with Crippen LogP contribution in [0.25, 0.3) is 0 Å². The molecule has 6 nitrogen and oxygen atoms in total. The lowest BCUT2D eigenvalue weighted by Crippen LogP contribution is -2.44. The standard InChI is InChI=1S/C19H26N6/c1-13-3-2-4-15(11-13)16-12-22-24-18(16)14-6-9-25(10-7-14)17-5-8-21-19(20)23-17/h2-5,8,11,14,16,18,22,24H,6-7,9-10,12H2,1H3,(H2,20,21,23). The van der Waals surface area contributed by atoms with E-state index in [9.17, 15) is 0 Å². The number of anilines is 2. The van der Waals surface area contributed by atoms with Gasteiger partial charge < -0.3 is 10.6 Å². The summed E-state index contributed by atoms with van der Waals surface area (Å²) in [5.41, 5.74) is 15.4. The Hall–Kier alpha value is -2.18. The number of nitrogens with two attached hydrogens (primary N) is 1. The average Bonchev–Trinajstić information content (AvgIpc) is 3.12. The van der Waals surface area contributed by atoms with Crippen LogP contribution in [0.3, 0.4) is 0 Å². The van der Waals surface area contributed by atoms with Crippen molar-refractivity contribution in [2.24, 2.45) is 5.92 Å². The lowest BCUT2D eigenvalue weighted by Gasteiger charge is -2.37. The van der Waals surface area contributed by atoms with Crippen LogP contribution in [-0.2, 0) is 0 Å². The number of hydrogen-bond donors (Lipinski definition) is 3. The molecule has 0 saturated carbocycles. The van der Waals surface area contributed by atoms with Crippen LogP contribution in [0.15, 0.2) is 36.5 Å². The Morgan fingerprint density at radius 3 is 2.80 bits per heavy atom. The van der Waals surface area contributed by atoms with Crippen molar-refractivity contribution in [3.8, 4) is 0 Å². The van der Waals surface area contributed by atoms with E-state index in [0.29, 0.717) is 23.8 Å². The molecule has 0 aliphatic carbocycles. The zero-order valence-corrected chi connectivity index (χ0v) is 14.7. The van der Waals surface area contributed by atoms with Crippen molar-refractivity contribution in [2.75, 3.05) is 30.3 Å². The molecule has 3 heterocycles. The smallest absolute Gasteiger partial charge is 0.221 e. The normalized spacial score (nSPS) is 24.6. The number of piperidine rings is 1. The third-order valence-corrected chi connectivity index (χ3v) is 5.53. The monoisotopic (exact) mass is 338 g/mol. The second kappa shape index (κ2) is 6.98. The molecule has 132 valence electrons. The van der Waals surface area contributed by atoms with Crippen LogP contribution < -0.4 is 21.5 Å². The van der Waals surface area contributed by atoms with Gasteiger partial charge in [0.2, 0.25) is 5.95 Å². The summed E-state index contributed by atoms with van der Waals surface area (Å²) < 4.78 is 0. The maximum atomic E-state index is 5.72. The van der Waals surface area contributed by atoms with E-state index in [4.69, 9.17) is 5.73 Å². The Morgan fingerprint density at radius 2 is 2.04 bits per heavy atom. The average molecular weight is 338 g/mol. The highest BCUT2D eigenvalue weighted by molar-refractivity contribution is 5.41. The van der Waals surface area contributed by atoms with E-state index in [1.165, 1.54) is 11.1 Å². The summed E-state index contributed by atoms with van der Waals surface area (Å²) in [5.74, 6) is 2.49. The molecule has 2 atom stereocenters. The van der Waals surface area contributed by atoms with Gasteiger partial charge in [0.05, 0.1) is 0 Å². The minimum Gasteiger partial charge on any atom is -0.368 e. The van der Waals surface area contributed by atoms with E-state index in [1.54, 1.807) is 6.20 Å². The summed E-state index contributed by atoms with van der Waals surface area (Å²) in [4.78, 5) is 10.7. The maximum Gasteiger partial charge on any atom is 0.221 e. The van der Waals surface area contributed by atoms with Crippen LogP contribution in [-0.4, -0.2) is 35.6 Å². The summed E-state index contributed by atoms with van der Waals surface area (Å²) in [6, 6.07) is 11.4. The van der Waals surface area contributed by atoms with Gasteiger partial charge in [-0.25, -0.2) is 4.98 Å². The number of benzene rings is 1. The topological polar surface area (TPSA) is 79.1 Å². The Bertz CT molecular complexity index is 725. The maximum absolute atomic E-state index is 5.72. The molecule has 2 unspecified atom stereocenters.